The Morgan fingerprint density at radius 1 is 1.04 bits per heavy atom. The van der Waals surface area contributed by atoms with Gasteiger partial charge in [0, 0.05) is 24.1 Å². The van der Waals surface area contributed by atoms with Gasteiger partial charge in [-0.1, -0.05) is 25.1 Å². The summed E-state index contributed by atoms with van der Waals surface area (Å²) in [6, 6.07) is 16.7. The highest BCUT2D eigenvalue weighted by molar-refractivity contribution is 7.99. The van der Waals surface area contributed by atoms with Crippen molar-refractivity contribution >= 4 is 23.6 Å². The lowest BCUT2D eigenvalue weighted by Crippen LogP contribution is -2.47. The minimum Gasteiger partial charge on any atom is -0.457 e. The van der Waals surface area contributed by atoms with Gasteiger partial charge < -0.3 is 15.4 Å². The van der Waals surface area contributed by atoms with Gasteiger partial charge in [-0.05, 0) is 42.8 Å². The number of para-hydroxylation sites is 1. The van der Waals surface area contributed by atoms with Crippen molar-refractivity contribution in [3.8, 4) is 11.5 Å². The van der Waals surface area contributed by atoms with E-state index >= 15 is 0 Å². The molecule has 2 aromatic carbocycles. The van der Waals surface area contributed by atoms with E-state index in [1.807, 2.05) is 61.5 Å². The van der Waals surface area contributed by atoms with Crippen molar-refractivity contribution in [2.75, 3.05) is 12.3 Å². The van der Waals surface area contributed by atoms with E-state index in [2.05, 4.69) is 10.6 Å². The van der Waals surface area contributed by atoms with Gasteiger partial charge >= 0.3 is 0 Å². The summed E-state index contributed by atoms with van der Waals surface area (Å²) in [4.78, 5) is 24.5. The fraction of sp³-hybridized carbons (Fsp3) is 0.300. The smallest absolute Gasteiger partial charge is 0.243 e. The maximum Gasteiger partial charge on any atom is 0.243 e. The molecule has 5 nitrogen and oxygen atoms in total. The van der Waals surface area contributed by atoms with Crippen molar-refractivity contribution < 1.29 is 14.3 Å². The monoisotopic (exact) mass is 372 g/mol. The number of rotatable bonds is 9. The average molecular weight is 372 g/mol. The molecular weight excluding hydrogens is 348 g/mol. The van der Waals surface area contributed by atoms with Crippen LogP contribution in [0.3, 0.4) is 0 Å². The molecule has 0 heterocycles. The lowest BCUT2D eigenvalue weighted by Gasteiger charge is -2.17. The molecular formula is C20H24N2O3S. The van der Waals surface area contributed by atoms with E-state index in [0.29, 0.717) is 12.3 Å². The van der Waals surface area contributed by atoms with Crippen molar-refractivity contribution in [3.05, 3.63) is 54.6 Å². The normalized spacial score (nSPS) is 11.5. The van der Waals surface area contributed by atoms with Gasteiger partial charge in [-0.2, -0.15) is 0 Å². The van der Waals surface area contributed by atoms with Crippen molar-refractivity contribution in [1.29, 1.82) is 0 Å². The average Bonchev–Trinajstić information content (AvgIpc) is 2.65. The Bertz CT molecular complexity index is 705. The number of amides is 2. The highest BCUT2D eigenvalue weighted by Crippen LogP contribution is 2.25. The quantitative estimate of drug-likeness (QED) is 0.660. The molecule has 0 saturated heterocycles. The summed E-state index contributed by atoms with van der Waals surface area (Å²) in [5.41, 5.74) is 0. The Labute approximate surface area is 158 Å². The third kappa shape index (κ3) is 6.80. The van der Waals surface area contributed by atoms with Gasteiger partial charge in [0.05, 0.1) is 0 Å². The fourth-order valence-corrected chi connectivity index (χ4v) is 3.13. The maximum atomic E-state index is 12.2. The largest absolute Gasteiger partial charge is 0.457 e. The summed E-state index contributed by atoms with van der Waals surface area (Å²) in [6.45, 7) is 4.01. The molecule has 2 aromatic rings. The topological polar surface area (TPSA) is 67.4 Å². The lowest BCUT2D eigenvalue weighted by atomic mass is 10.3. The molecule has 6 heteroatoms. The summed E-state index contributed by atoms with van der Waals surface area (Å²) >= 11 is 1.52. The number of hydrogen-bond acceptors (Lipinski definition) is 4. The zero-order chi connectivity index (χ0) is 18.8. The molecule has 0 bridgehead atoms. The van der Waals surface area contributed by atoms with Crippen LogP contribution >= 0.6 is 11.8 Å². The van der Waals surface area contributed by atoms with Crippen LogP contribution in [0.15, 0.2) is 59.5 Å². The third-order valence-corrected chi connectivity index (χ3v) is 4.57. The second-order valence-electron chi connectivity index (χ2n) is 5.74. The molecule has 1 atom stereocenters. The molecule has 0 radical (unpaired) electrons. The van der Waals surface area contributed by atoms with Gasteiger partial charge in [0.25, 0.3) is 0 Å². The number of thioether (sulfide) groups is 1. The van der Waals surface area contributed by atoms with Gasteiger partial charge in [-0.3, -0.25) is 9.59 Å². The molecule has 0 aliphatic rings. The number of nitrogens with one attached hydrogen (secondary N) is 2. The first-order valence-electron chi connectivity index (χ1n) is 8.59. The maximum absolute atomic E-state index is 12.2. The fourth-order valence-electron chi connectivity index (χ4n) is 2.21. The molecule has 26 heavy (non-hydrogen) atoms. The van der Waals surface area contributed by atoms with E-state index < -0.39 is 6.04 Å². The molecule has 138 valence electrons. The van der Waals surface area contributed by atoms with Crippen molar-refractivity contribution in [1.82, 2.24) is 10.6 Å². The molecule has 0 spiro atoms. The first-order chi connectivity index (χ1) is 12.6. The van der Waals surface area contributed by atoms with Crippen molar-refractivity contribution in [2.24, 2.45) is 0 Å². The van der Waals surface area contributed by atoms with Crippen LogP contribution in [0.2, 0.25) is 0 Å². The number of carbonyl (C=O) groups is 2. The van der Waals surface area contributed by atoms with E-state index in [1.54, 1.807) is 0 Å². The highest BCUT2D eigenvalue weighted by Gasteiger charge is 2.19. The molecule has 1 unspecified atom stereocenters. The van der Waals surface area contributed by atoms with Crippen LogP contribution in [0.25, 0.3) is 0 Å². The molecule has 0 saturated carbocycles. The van der Waals surface area contributed by atoms with Crippen LogP contribution in [0.4, 0.5) is 0 Å². The van der Waals surface area contributed by atoms with E-state index in [1.165, 1.54) is 18.7 Å². The third-order valence-electron chi connectivity index (χ3n) is 3.46. The van der Waals surface area contributed by atoms with Crippen molar-refractivity contribution in [3.63, 3.8) is 0 Å². The van der Waals surface area contributed by atoms with E-state index in [9.17, 15) is 9.59 Å². The summed E-state index contributed by atoms with van der Waals surface area (Å²) in [7, 11) is 0. The minimum atomic E-state index is -0.552. The van der Waals surface area contributed by atoms with Gasteiger partial charge in [-0.15, -0.1) is 11.8 Å². The molecule has 2 amide bonds. The predicted octanol–water partition coefficient (Wildman–Crippen LogP) is 3.60. The SMILES string of the molecule is CCCNC(=O)C(CSc1ccc(Oc2ccccc2)cc1)NC(C)=O. The summed E-state index contributed by atoms with van der Waals surface area (Å²) in [5.74, 6) is 1.63. The zero-order valence-electron chi connectivity index (χ0n) is 15.0. The molecule has 0 aliphatic heterocycles. The van der Waals surface area contributed by atoms with Gasteiger partial charge in [0.15, 0.2) is 0 Å². The summed E-state index contributed by atoms with van der Waals surface area (Å²) in [6.07, 6.45) is 0.856. The summed E-state index contributed by atoms with van der Waals surface area (Å²) in [5, 5.41) is 5.53. The zero-order valence-corrected chi connectivity index (χ0v) is 15.8. The van der Waals surface area contributed by atoms with E-state index in [4.69, 9.17) is 4.74 Å². The van der Waals surface area contributed by atoms with Crippen LogP contribution in [0.1, 0.15) is 20.3 Å². The van der Waals surface area contributed by atoms with Crippen LogP contribution in [0, 0.1) is 0 Å². The van der Waals surface area contributed by atoms with Gasteiger partial charge in [0.2, 0.25) is 11.8 Å². The first kappa shape index (κ1) is 19.8. The minimum absolute atomic E-state index is 0.154. The number of benzene rings is 2. The van der Waals surface area contributed by atoms with Crippen LogP contribution in [0.5, 0.6) is 11.5 Å². The molecule has 2 rings (SSSR count). The summed E-state index contributed by atoms with van der Waals surface area (Å²) < 4.78 is 5.76. The standard InChI is InChI=1S/C20H24N2O3S/c1-3-13-21-20(24)19(22-15(2)23)14-26-18-11-9-17(10-12-18)25-16-7-5-4-6-8-16/h4-12,19H,3,13-14H2,1-2H3,(H,21,24)(H,22,23). The van der Waals surface area contributed by atoms with Crippen LogP contribution in [-0.2, 0) is 9.59 Å². The van der Waals surface area contributed by atoms with E-state index in [-0.39, 0.29) is 11.8 Å². The van der Waals surface area contributed by atoms with E-state index in [0.717, 1.165) is 22.8 Å². The second-order valence-corrected chi connectivity index (χ2v) is 6.84. The predicted molar refractivity (Wildman–Crippen MR) is 105 cm³/mol. The Hall–Kier alpha value is -2.47. The van der Waals surface area contributed by atoms with Gasteiger partial charge in [0.1, 0.15) is 17.5 Å². The Kier molecular flexibility index (Phi) is 8.02. The highest BCUT2D eigenvalue weighted by atomic mass is 32.2. The Morgan fingerprint density at radius 2 is 1.69 bits per heavy atom. The van der Waals surface area contributed by atoms with Crippen molar-refractivity contribution in [2.45, 2.75) is 31.2 Å². The van der Waals surface area contributed by atoms with Gasteiger partial charge in [-0.25, -0.2) is 0 Å². The number of ether oxygens (including phenoxy) is 1. The lowest BCUT2D eigenvalue weighted by molar-refractivity contribution is -0.127. The number of hydrogen-bond donors (Lipinski definition) is 2. The Balaban J connectivity index is 1.91. The molecule has 2 N–H and O–H groups in total. The molecule has 0 aliphatic carbocycles. The molecule has 0 fully saturated rings. The molecule has 0 aromatic heterocycles. The second kappa shape index (κ2) is 10.5. The number of carbonyl (C=O) groups excluding carboxylic acids is 2. The van der Waals surface area contributed by atoms with Crippen LogP contribution in [-0.4, -0.2) is 30.2 Å². The van der Waals surface area contributed by atoms with Crippen LogP contribution < -0.4 is 15.4 Å². The Morgan fingerprint density at radius 3 is 2.31 bits per heavy atom. The first-order valence-corrected chi connectivity index (χ1v) is 9.57.